The van der Waals surface area contributed by atoms with Crippen LogP contribution in [0, 0.1) is 0 Å². The fourth-order valence-electron chi connectivity index (χ4n) is 1.66. The van der Waals surface area contributed by atoms with Gasteiger partial charge in [-0.15, -0.1) is 0 Å². The third-order valence-corrected chi connectivity index (χ3v) is 3.91. The zero-order chi connectivity index (χ0) is 13.1. The maximum absolute atomic E-state index is 6.18. The molecule has 1 aromatic carbocycles. The fraction of sp³-hybridized carbons (Fsp3) is 0.0833. The summed E-state index contributed by atoms with van der Waals surface area (Å²) in [7, 11) is 0. The third kappa shape index (κ3) is 2.92. The average molecular weight is 391 g/mol. The van der Waals surface area contributed by atoms with Crippen LogP contribution in [0.25, 0.3) is 0 Å². The first-order chi connectivity index (χ1) is 8.63. The molecular weight excluding hydrogens is 381 g/mol. The van der Waals surface area contributed by atoms with Crippen LogP contribution in [0.4, 0.5) is 0 Å². The summed E-state index contributed by atoms with van der Waals surface area (Å²) in [5.41, 5.74) is 4.42. The molecule has 18 heavy (non-hydrogen) atoms. The monoisotopic (exact) mass is 389 g/mol. The zero-order valence-electron chi connectivity index (χ0n) is 9.20. The van der Waals surface area contributed by atoms with Crippen LogP contribution in [0.1, 0.15) is 17.3 Å². The van der Waals surface area contributed by atoms with E-state index in [1.54, 1.807) is 6.20 Å². The maximum atomic E-state index is 6.18. The van der Waals surface area contributed by atoms with Crippen LogP contribution in [-0.4, -0.2) is 4.98 Å². The molecule has 6 heteroatoms. The zero-order valence-corrected chi connectivity index (χ0v) is 13.1. The van der Waals surface area contributed by atoms with Crippen molar-refractivity contribution in [1.29, 1.82) is 0 Å². The minimum atomic E-state index is -0.263. The second kappa shape index (κ2) is 6.12. The van der Waals surface area contributed by atoms with Gasteiger partial charge in [-0.3, -0.25) is 10.8 Å². The van der Waals surface area contributed by atoms with Gasteiger partial charge in [0.2, 0.25) is 0 Å². The molecule has 0 spiro atoms. The Morgan fingerprint density at radius 2 is 2.00 bits per heavy atom. The third-order valence-electron chi connectivity index (χ3n) is 2.49. The van der Waals surface area contributed by atoms with E-state index in [1.807, 2.05) is 30.3 Å². The molecule has 3 nitrogen and oxygen atoms in total. The number of halogens is 3. The number of rotatable bonds is 3. The Morgan fingerprint density at radius 3 is 2.61 bits per heavy atom. The van der Waals surface area contributed by atoms with Crippen molar-refractivity contribution < 1.29 is 0 Å². The van der Waals surface area contributed by atoms with Gasteiger partial charge in [-0.1, -0.05) is 29.8 Å². The molecule has 94 valence electrons. The van der Waals surface area contributed by atoms with Gasteiger partial charge < -0.3 is 0 Å². The molecule has 0 aliphatic rings. The number of pyridine rings is 1. The van der Waals surface area contributed by atoms with E-state index in [4.69, 9.17) is 17.4 Å². The van der Waals surface area contributed by atoms with Gasteiger partial charge >= 0.3 is 0 Å². The predicted molar refractivity (Wildman–Crippen MR) is 80.3 cm³/mol. The van der Waals surface area contributed by atoms with Crippen LogP contribution in [0.5, 0.6) is 0 Å². The summed E-state index contributed by atoms with van der Waals surface area (Å²) in [6.07, 6.45) is 1.72. The molecule has 0 radical (unpaired) electrons. The number of hydrogen-bond acceptors (Lipinski definition) is 3. The molecule has 0 saturated heterocycles. The normalized spacial score (nSPS) is 12.4. The maximum Gasteiger partial charge on any atom is 0.0907 e. The van der Waals surface area contributed by atoms with E-state index < -0.39 is 0 Å². The highest BCUT2D eigenvalue weighted by Crippen LogP contribution is 2.31. The molecule has 0 aliphatic carbocycles. The van der Waals surface area contributed by atoms with Crippen LogP contribution in [-0.2, 0) is 0 Å². The lowest BCUT2D eigenvalue weighted by molar-refractivity contribution is 0.618. The van der Waals surface area contributed by atoms with Crippen LogP contribution >= 0.6 is 43.5 Å². The quantitative estimate of drug-likeness (QED) is 0.618. The number of hydrazine groups is 1. The van der Waals surface area contributed by atoms with Gasteiger partial charge in [0, 0.05) is 20.2 Å². The topological polar surface area (TPSA) is 50.9 Å². The molecule has 0 bridgehead atoms. The van der Waals surface area contributed by atoms with Crippen molar-refractivity contribution in [2.24, 2.45) is 5.84 Å². The summed E-state index contributed by atoms with van der Waals surface area (Å²) in [6, 6.07) is 9.20. The number of aromatic nitrogens is 1. The first kappa shape index (κ1) is 14.0. The summed E-state index contributed by atoms with van der Waals surface area (Å²) < 4.78 is 1.76. The molecule has 1 heterocycles. The average Bonchev–Trinajstić information content (AvgIpc) is 2.34. The van der Waals surface area contributed by atoms with Gasteiger partial charge in [0.25, 0.3) is 0 Å². The molecule has 1 aromatic heterocycles. The van der Waals surface area contributed by atoms with Crippen molar-refractivity contribution in [2.75, 3.05) is 0 Å². The summed E-state index contributed by atoms with van der Waals surface area (Å²) in [4.78, 5) is 4.37. The molecule has 1 unspecified atom stereocenters. The molecule has 0 aliphatic heterocycles. The van der Waals surface area contributed by atoms with Crippen molar-refractivity contribution in [3.8, 4) is 0 Å². The van der Waals surface area contributed by atoms with Crippen LogP contribution in [0.15, 0.2) is 45.5 Å². The highest BCUT2D eigenvalue weighted by Gasteiger charge is 2.19. The van der Waals surface area contributed by atoms with E-state index in [0.29, 0.717) is 5.02 Å². The Labute approximate surface area is 127 Å². The van der Waals surface area contributed by atoms with E-state index in [0.717, 1.165) is 20.2 Å². The Hall–Kier alpha value is -0.460. The van der Waals surface area contributed by atoms with Gasteiger partial charge in [-0.25, -0.2) is 5.43 Å². The highest BCUT2D eigenvalue weighted by molar-refractivity contribution is 9.11. The van der Waals surface area contributed by atoms with Gasteiger partial charge in [0.05, 0.1) is 11.7 Å². The van der Waals surface area contributed by atoms with Gasteiger partial charge in [0.15, 0.2) is 0 Å². The van der Waals surface area contributed by atoms with Crippen molar-refractivity contribution in [1.82, 2.24) is 10.4 Å². The van der Waals surface area contributed by atoms with Crippen LogP contribution < -0.4 is 11.3 Å². The highest BCUT2D eigenvalue weighted by atomic mass is 79.9. The van der Waals surface area contributed by atoms with E-state index in [1.165, 1.54) is 0 Å². The Morgan fingerprint density at radius 1 is 1.28 bits per heavy atom. The van der Waals surface area contributed by atoms with E-state index in [9.17, 15) is 0 Å². The number of nitrogens with one attached hydrogen (secondary N) is 1. The number of benzene rings is 1. The molecule has 2 rings (SSSR count). The lowest BCUT2D eigenvalue weighted by Gasteiger charge is -2.18. The lowest BCUT2D eigenvalue weighted by atomic mass is 10.0. The Kier molecular flexibility index (Phi) is 4.75. The molecule has 2 aromatic rings. The SMILES string of the molecule is NNC(c1ccccc1Cl)c1ncc(Br)cc1Br. The molecule has 3 N–H and O–H groups in total. The molecule has 1 atom stereocenters. The second-order valence-electron chi connectivity index (χ2n) is 3.64. The van der Waals surface area contributed by atoms with Gasteiger partial charge in [0.1, 0.15) is 0 Å². The standard InChI is InChI=1S/C12H10Br2ClN3/c13-7-5-9(14)12(17-6-7)11(18-16)8-3-1-2-4-10(8)15/h1-6,11,18H,16H2. The molecular formula is C12H10Br2ClN3. The second-order valence-corrected chi connectivity index (χ2v) is 5.82. The van der Waals surface area contributed by atoms with Crippen molar-refractivity contribution in [3.63, 3.8) is 0 Å². The van der Waals surface area contributed by atoms with Crippen molar-refractivity contribution in [2.45, 2.75) is 6.04 Å². The first-order valence-electron chi connectivity index (χ1n) is 5.15. The van der Waals surface area contributed by atoms with Gasteiger partial charge in [-0.05, 0) is 49.6 Å². The minimum absolute atomic E-state index is 0.263. The molecule has 0 fully saturated rings. The number of hydrogen-bond donors (Lipinski definition) is 2. The first-order valence-corrected chi connectivity index (χ1v) is 7.11. The van der Waals surface area contributed by atoms with Gasteiger partial charge in [-0.2, -0.15) is 0 Å². The van der Waals surface area contributed by atoms with E-state index >= 15 is 0 Å². The van der Waals surface area contributed by atoms with Crippen molar-refractivity contribution in [3.05, 3.63) is 61.8 Å². The van der Waals surface area contributed by atoms with E-state index in [-0.39, 0.29) is 6.04 Å². The van der Waals surface area contributed by atoms with E-state index in [2.05, 4.69) is 42.3 Å². The number of nitrogens with two attached hydrogens (primary N) is 1. The van der Waals surface area contributed by atoms with Crippen LogP contribution in [0.3, 0.4) is 0 Å². The summed E-state index contributed by atoms with van der Waals surface area (Å²) in [5, 5.41) is 0.650. The predicted octanol–water partition coefficient (Wildman–Crippen LogP) is 3.81. The Balaban J connectivity index is 2.49. The minimum Gasteiger partial charge on any atom is -0.271 e. The van der Waals surface area contributed by atoms with Crippen LogP contribution in [0.2, 0.25) is 5.02 Å². The lowest BCUT2D eigenvalue weighted by Crippen LogP contribution is -2.30. The Bertz CT molecular complexity index is 563. The molecule has 0 amide bonds. The summed E-state index contributed by atoms with van der Waals surface area (Å²) in [5.74, 6) is 5.63. The number of nitrogens with zero attached hydrogens (tertiary/aromatic N) is 1. The van der Waals surface area contributed by atoms with Crippen molar-refractivity contribution >= 4 is 43.5 Å². The smallest absolute Gasteiger partial charge is 0.0907 e. The summed E-state index contributed by atoms with van der Waals surface area (Å²) >= 11 is 13.0. The molecule has 0 saturated carbocycles. The largest absolute Gasteiger partial charge is 0.271 e. The summed E-state index contributed by atoms with van der Waals surface area (Å²) in [6.45, 7) is 0. The fourth-order valence-corrected chi connectivity index (χ4v) is 3.12.